The Morgan fingerprint density at radius 2 is 2.19 bits per heavy atom. The van der Waals surface area contributed by atoms with E-state index in [-0.39, 0.29) is 0 Å². The lowest BCUT2D eigenvalue weighted by molar-refractivity contribution is 0.513. The third-order valence-electron chi connectivity index (χ3n) is 2.18. The van der Waals surface area contributed by atoms with Crippen LogP contribution in [0.3, 0.4) is 0 Å². The summed E-state index contributed by atoms with van der Waals surface area (Å²) in [6.45, 7) is 0.785. The molecule has 2 heterocycles. The van der Waals surface area contributed by atoms with E-state index in [1.165, 1.54) is 6.33 Å². The smallest absolute Gasteiger partial charge is 0.131 e. The fourth-order valence-electron chi connectivity index (χ4n) is 1.36. The molecule has 0 aliphatic heterocycles. The molecule has 2 rings (SSSR count). The monoisotopic (exact) mass is 218 g/mol. The van der Waals surface area contributed by atoms with Crippen molar-refractivity contribution in [2.45, 2.75) is 6.42 Å². The zero-order valence-electron chi connectivity index (χ0n) is 9.10. The summed E-state index contributed by atoms with van der Waals surface area (Å²) in [5.41, 5.74) is 0. The Bertz CT molecular complexity index is 427. The average molecular weight is 218 g/mol. The standard InChI is InChI=1S/C11H14N4O/c1-12-10-7-11(15-8-14-10)13-5-4-9-3-2-6-16-9/h2-3,6-8H,4-5H2,1H3,(H2,12,13,14,15). The molecule has 5 nitrogen and oxygen atoms in total. The Labute approximate surface area is 93.9 Å². The molecule has 2 N–H and O–H groups in total. The van der Waals surface area contributed by atoms with Crippen molar-refractivity contribution in [1.29, 1.82) is 0 Å². The second-order valence-corrected chi connectivity index (χ2v) is 3.29. The van der Waals surface area contributed by atoms with Crippen LogP contribution in [0.15, 0.2) is 35.2 Å². The third kappa shape index (κ3) is 2.73. The molecule has 0 unspecified atom stereocenters. The van der Waals surface area contributed by atoms with Crippen molar-refractivity contribution < 1.29 is 4.42 Å². The molecular weight excluding hydrogens is 204 g/mol. The summed E-state index contributed by atoms with van der Waals surface area (Å²) in [7, 11) is 1.83. The minimum Gasteiger partial charge on any atom is -0.469 e. The highest BCUT2D eigenvalue weighted by molar-refractivity contribution is 5.45. The van der Waals surface area contributed by atoms with Gasteiger partial charge in [0, 0.05) is 26.1 Å². The van der Waals surface area contributed by atoms with Crippen molar-refractivity contribution in [3.05, 3.63) is 36.5 Å². The highest BCUT2D eigenvalue weighted by Gasteiger charge is 1.98. The van der Waals surface area contributed by atoms with Crippen molar-refractivity contribution in [1.82, 2.24) is 9.97 Å². The number of nitrogens with zero attached hydrogens (tertiary/aromatic N) is 2. The molecule has 0 aliphatic rings. The lowest BCUT2D eigenvalue weighted by Gasteiger charge is -2.05. The summed E-state index contributed by atoms with van der Waals surface area (Å²) in [6, 6.07) is 5.71. The van der Waals surface area contributed by atoms with E-state index in [1.54, 1.807) is 6.26 Å². The molecule has 2 aromatic rings. The van der Waals surface area contributed by atoms with Crippen LogP contribution in [0.1, 0.15) is 5.76 Å². The molecule has 84 valence electrons. The van der Waals surface area contributed by atoms with Crippen LogP contribution in [0.4, 0.5) is 11.6 Å². The zero-order chi connectivity index (χ0) is 11.2. The predicted octanol–water partition coefficient (Wildman–Crippen LogP) is 1.77. The molecule has 0 radical (unpaired) electrons. The fourth-order valence-corrected chi connectivity index (χ4v) is 1.36. The number of nitrogens with one attached hydrogen (secondary N) is 2. The van der Waals surface area contributed by atoms with Crippen LogP contribution in [0.25, 0.3) is 0 Å². The van der Waals surface area contributed by atoms with Gasteiger partial charge in [-0.2, -0.15) is 0 Å². The topological polar surface area (TPSA) is 63.0 Å². The van der Waals surface area contributed by atoms with E-state index < -0.39 is 0 Å². The molecule has 0 amide bonds. The molecule has 5 heteroatoms. The summed E-state index contributed by atoms with van der Waals surface area (Å²) in [5.74, 6) is 2.58. The third-order valence-corrected chi connectivity index (χ3v) is 2.18. The number of hydrogen-bond acceptors (Lipinski definition) is 5. The molecule has 0 spiro atoms. The molecule has 0 aliphatic carbocycles. The first-order valence-electron chi connectivity index (χ1n) is 5.14. The van der Waals surface area contributed by atoms with E-state index in [2.05, 4.69) is 20.6 Å². The quantitative estimate of drug-likeness (QED) is 0.800. The minimum absolute atomic E-state index is 0.785. The van der Waals surface area contributed by atoms with E-state index in [1.807, 2.05) is 25.2 Å². The molecule has 0 aromatic carbocycles. The maximum absolute atomic E-state index is 5.23. The summed E-state index contributed by atoms with van der Waals surface area (Å²) < 4.78 is 5.23. The van der Waals surface area contributed by atoms with Gasteiger partial charge in [0.15, 0.2) is 0 Å². The molecule has 16 heavy (non-hydrogen) atoms. The highest BCUT2D eigenvalue weighted by Crippen LogP contribution is 2.08. The van der Waals surface area contributed by atoms with Gasteiger partial charge in [0.05, 0.1) is 6.26 Å². The van der Waals surface area contributed by atoms with Gasteiger partial charge in [0.2, 0.25) is 0 Å². The maximum Gasteiger partial charge on any atom is 0.131 e. The van der Waals surface area contributed by atoms with Gasteiger partial charge < -0.3 is 15.1 Å². The van der Waals surface area contributed by atoms with Crippen LogP contribution in [-0.2, 0) is 6.42 Å². The Morgan fingerprint density at radius 3 is 2.94 bits per heavy atom. The first-order valence-corrected chi connectivity index (χ1v) is 5.14. The van der Waals surface area contributed by atoms with Crippen molar-refractivity contribution in [3.63, 3.8) is 0 Å². The summed E-state index contributed by atoms with van der Waals surface area (Å²) in [4.78, 5) is 8.15. The number of rotatable bonds is 5. The normalized spacial score (nSPS) is 10.1. The van der Waals surface area contributed by atoms with Crippen LogP contribution < -0.4 is 10.6 Å². The van der Waals surface area contributed by atoms with E-state index in [0.717, 1.165) is 30.4 Å². The van der Waals surface area contributed by atoms with Crippen molar-refractivity contribution >= 4 is 11.6 Å². The van der Waals surface area contributed by atoms with Gasteiger partial charge >= 0.3 is 0 Å². The first kappa shape index (κ1) is 10.5. The minimum atomic E-state index is 0.785. The molecular formula is C11H14N4O. The molecule has 0 bridgehead atoms. The molecule has 0 fully saturated rings. The maximum atomic E-state index is 5.23. The van der Waals surface area contributed by atoms with E-state index in [0.29, 0.717) is 0 Å². The van der Waals surface area contributed by atoms with Crippen LogP contribution in [-0.4, -0.2) is 23.6 Å². The van der Waals surface area contributed by atoms with E-state index in [4.69, 9.17) is 4.42 Å². The zero-order valence-corrected chi connectivity index (χ0v) is 9.10. The van der Waals surface area contributed by atoms with Gasteiger partial charge in [-0.25, -0.2) is 9.97 Å². The average Bonchev–Trinajstić information content (AvgIpc) is 2.82. The van der Waals surface area contributed by atoms with Crippen molar-refractivity contribution in [3.8, 4) is 0 Å². The van der Waals surface area contributed by atoms with Gasteiger partial charge in [0.1, 0.15) is 23.7 Å². The lowest BCUT2D eigenvalue weighted by Crippen LogP contribution is -2.06. The van der Waals surface area contributed by atoms with Gasteiger partial charge in [-0.05, 0) is 12.1 Å². The van der Waals surface area contributed by atoms with Crippen LogP contribution >= 0.6 is 0 Å². The number of furan rings is 1. The van der Waals surface area contributed by atoms with Crippen LogP contribution in [0.5, 0.6) is 0 Å². The second kappa shape index (κ2) is 5.16. The van der Waals surface area contributed by atoms with Crippen LogP contribution in [0, 0.1) is 0 Å². The van der Waals surface area contributed by atoms with E-state index >= 15 is 0 Å². The highest BCUT2D eigenvalue weighted by atomic mass is 16.3. The Kier molecular flexibility index (Phi) is 3.38. The number of aromatic nitrogens is 2. The fraction of sp³-hybridized carbons (Fsp3) is 0.273. The lowest BCUT2D eigenvalue weighted by atomic mass is 10.3. The summed E-state index contributed by atoms with van der Waals surface area (Å²) in [5, 5.41) is 6.17. The number of hydrogen-bond donors (Lipinski definition) is 2. The number of anilines is 2. The predicted molar refractivity (Wildman–Crippen MR) is 62.5 cm³/mol. The summed E-state index contributed by atoms with van der Waals surface area (Å²) >= 11 is 0. The Morgan fingerprint density at radius 1 is 1.31 bits per heavy atom. The van der Waals surface area contributed by atoms with Crippen LogP contribution in [0.2, 0.25) is 0 Å². The Balaban J connectivity index is 1.85. The SMILES string of the molecule is CNc1cc(NCCc2ccco2)ncn1. The molecule has 0 atom stereocenters. The van der Waals surface area contributed by atoms with Gasteiger partial charge in [-0.15, -0.1) is 0 Å². The first-order chi connectivity index (χ1) is 7.88. The summed E-state index contributed by atoms with van der Waals surface area (Å²) in [6.07, 6.45) is 4.05. The van der Waals surface area contributed by atoms with Crippen molar-refractivity contribution in [2.75, 3.05) is 24.2 Å². The van der Waals surface area contributed by atoms with E-state index in [9.17, 15) is 0 Å². The Hall–Kier alpha value is -2.04. The van der Waals surface area contributed by atoms with Crippen molar-refractivity contribution in [2.24, 2.45) is 0 Å². The van der Waals surface area contributed by atoms with Gasteiger partial charge in [0.25, 0.3) is 0 Å². The van der Waals surface area contributed by atoms with Gasteiger partial charge in [-0.3, -0.25) is 0 Å². The van der Waals surface area contributed by atoms with Gasteiger partial charge in [-0.1, -0.05) is 0 Å². The molecule has 2 aromatic heterocycles. The largest absolute Gasteiger partial charge is 0.469 e. The molecule has 0 saturated carbocycles. The molecule has 0 saturated heterocycles. The second-order valence-electron chi connectivity index (χ2n) is 3.29.